The van der Waals surface area contributed by atoms with Gasteiger partial charge in [0.1, 0.15) is 24.9 Å². The highest BCUT2D eigenvalue weighted by atomic mass is 16.8. The van der Waals surface area contributed by atoms with Crippen molar-refractivity contribution in [2.24, 2.45) is 11.8 Å². The standard InChI is InChI=1S/C36H48O11/c1-8-29-22(2)32(41-19-27-15-11-9-12-16-27)34(42-20-28-17-13-10-14-18-28)36(7,46-29)47-35-23(3)31(43-25(5)38)33(44-26(6)39)30(45-35)21-40-24(4)37/h9-18,22-23,29-35H,8,19-21H2,1-7H3/t22-,23?,29?,30?,31?,32+,33-,34?,35-,36-/m1/s1. The second-order valence-corrected chi connectivity index (χ2v) is 12.4. The van der Waals surface area contributed by atoms with Gasteiger partial charge in [-0.05, 0) is 24.5 Å². The van der Waals surface area contributed by atoms with E-state index < -0.39 is 66.4 Å². The minimum Gasteiger partial charge on any atom is -0.463 e. The van der Waals surface area contributed by atoms with Crippen LogP contribution >= 0.6 is 0 Å². The number of esters is 3. The molecule has 2 aliphatic heterocycles. The van der Waals surface area contributed by atoms with Gasteiger partial charge in [-0.25, -0.2) is 0 Å². The monoisotopic (exact) mass is 656 g/mol. The van der Waals surface area contributed by atoms with Gasteiger partial charge in [0.2, 0.25) is 0 Å². The van der Waals surface area contributed by atoms with E-state index in [1.54, 1.807) is 13.8 Å². The van der Waals surface area contributed by atoms with Gasteiger partial charge in [0.05, 0.1) is 25.4 Å². The molecule has 0 radical (unpaired) electrons. The maximum Gasteiger partial charge on any atom is 0.303 e. The van der Waals surface area contributed by atoms with E-state index in [1.807, 2.05) is 67.6 Å². The van der Waals surface area contributed by atoms with Crippen LogP contribution in [-0.2, 0) is 65.5 Å². The summed E-state index contributed by atoms with van der Waals surface area (Å²) in [4.78, 5) is 36.1. The first-order valence-corrected chi connectivity index (χ1v) is 16.2. The maximum absolute atomic E-state index is 12.3. The Morgan fingerprint density at radius 1 is 0.723 bits per heavy atom. The first-order chi connectivity index (χ1) is 22.4. The fourth-order valence-corrected chi connectivity index (χ4v) is 6.26. The van der Waals surface area contributed by atoms with E-state index in [1.165, 1.54) is 20.8 Å². The summed E-state index contributed by atoms with van der Waals surface area (Å²) in [7, 11) is 0. The van der Waals surface area contributed by atoms with E-state index in [-0.39, 0.29) is 25.2 Å². The Morgan fingerprint density at radius 3 is 1.81 bits per heavy atom. The average Bonchev–Trinajstić information content (AvgIpc) is 3.03. The summed E-state index contributed by atoms with van der Waals surface area (Å²) in [6.45, 7) is 11.8. The fraction of sp³-hybridized carbons (Fsp3) is 0.583. The van der Waals surface area contributed by atoms with Gasteiger partial charge >= 0.3 is 17.9 Å². The molecular weight excluding hydrogens is 608 g/mol. The van der Waals surface area contributed by atoms with Gasteiger partial charge in [-0.3, -0.25) is 14.4 Å². The highest BCUT2D eigenvalue weighted by molar-refractivity contribution is 5.67. The minimum atomic E-state index is -1.41. The molecule has 0 aromatic heterocycles. The second-order valence-electron chi connectivity index (χ2n) is 12.4. The van der Waals surface area contributed by atoms with Crippen molar-refractivity contribution in [2.45, 2.75) is 117 Å². The molecule has 2 saturated heterocycles. The van der Waals surface area contributed by atoms with E-state index >= 15 is 0 Å². The summed E-state index contributed by atoms with van der Waals surface area (Å²) in [6, 6.07) is 19.7. The van der Waals surface area contributed by atoms with Crippen LogP contribution in [0.5, 0.6) is 0 Å². The SMILES string of the molecule is CCC1O[C@](C)(O[C@H]2OC(COC(C)=O)[C@@H](OC(C)=O)C(OC(C)=O)C2C)C(OCc2ccccc2)[C@@H](OCc2ccccc2)[C@@H]1C. The number of rotatable bonds is 13. The summed E-state index contributed by atoms with van der Waals surface area (Å²) in [5.41, 5.74) is 1.98. The Labute approximate surface area is 277 Å². The number of hydrogen-bond donors (Lipinski definition) is 0. The van der Waals surface area contributed by atoms with Crippen molar-refractivity contribution in [3.8, 4) is 0 Å². The molecule has 0 saturated carbocycles. The van der Waals surface area contributed by atoms with Gasteiger partial charge in [0.25, 0.3) is 0 Å². The third kappa shape index (κ3) is 9.61. The Hall–Kier alpha value is -3.35. The quantitative estimate of drug-likeness (QED) is 0.211. The molecule has 2 fully saturated rings. The predicted molar refractivity (Wildman–Crippen MR) is 169 cm³/mol. The van der Waals surface area contributed by atoms with Crippen molar-refractivity contribution in [1.82, 2.24) is 0 Å². The van der Waals surface area contributed by atoms with Crippen LogP contribution in [0.4, 0.5) is 0 Å². The molecule has 2 aromatic carbocycles. The highest BCUT2D eigenvalue weighted by Gasteiger charge is 2.57. The Morgan fingerprint density at radius 2 is 1.28 bits per heavy atom. The van der Waals surface area contributed by atoms with Crippen molar-refractivity contribution in [3.05, 3.63) is 71.8 Å². The molecule has 0 amide bonds. The third-order valence-corrected chi connectivity index (χ3v) is 8.62. The largest absolute Gasteiger partial charge is 0.463 e. The zero-order chi connectivity index (χ0) is 34.1. The lowest BCUT2D eigenvalue weighted by atomic mass is 9.85. The molecule has 11 heteroatoms. The van der Waals surface area contributed by atoms with Crippen molar-refractivity contribution in [2.75, 3.05) is 6.61 Å². The number of carbonyl (C=O) groups excluding carboxylic acids is 3. The Balaban J connectivity index is 1.69. The third-order valence-electron chi connectivity index (χ3n) is 8.62. The number of hydrogen-bond acceptors (Lipinski definition) is 11. The molecule has 2 heterocycles. The number of benzene rings is 2. The number of carbonyl (C=O) groups is 3. The van der Waals surface area contributed by atoms with E-state index in [0.29, 0.717) is 13.0 Å². The predicted octanol–water partition coefficient (Wildman–Crippen LogP) is 5.12. The zero-order valence-electron chi connectivity index (χ0n) is 28.3. The van der Waals surface area contributed by atoms with Crippen LogP contribution < -0.4 is 0 Å². The van der Waals surface area contributed by atoms with Crippen LogP contribution in [0.1, 0.15) is 66.0 Å². The number of ether oxygens (including phenoxy) is 8. The van der Waals surface area contributed by atoms with E-state index in [4.69, 9.17) is 37.9 Å². The van der Waals surface area contributed by atoms with Gasteiger partial charge < -0.3 is 37.9 Å². The van der Waals surface area contributed by atoms with Gasteiger partial charge in [0, 0.05) is 32.6 Å². The molecule has 47 heavy (non-hydrogen) atoms. The lowest BCUT2D eigenvalue weighted by Gasteiger charge is -2.53. The van der Waals surface area contributed by atoms with Crippen molar-refractivity contribution in [1.29, 1.82) is 0 Å². The first kappa shape index (κ1) is 36.5. The van der Waals surface area contributed by atoms with Crippen LogP contribution in [0.2, 0.25) is 0 Å². The molecule has 0 N–H and O–H groups in total. The molecule has 258 valence electrons. The van der Waals surface area contributed by atoms with E-state index in [0.717, 1.165) is 11.1 Å². The summed E-state index contributed by atoms with van der Waals surface area (Å²) < 4.78 is 49.7. The van der Waals surface area contributed by atoms with Gasteiger partial charge in [-0.2, -0.15) is 0 Å². The van der Waals surface area contributed by atoms with Gasteiger partial charge in [-0.15, -0.1) is 0 Å². The maximum atomic E-state index is 12.3. The minimum absolute atomic E-state index is 0.0651. The molecule has 2 aromatic rings. The summed E-state index contributed by atoms with van der Waals surface area (Å²) >= 11 is 0. The molecule has 0 aliphatic carbocycles. The second kappa shape index (κ2) is 16.7. The molecule has 0 spiro atoms. The van der Waals surface area contributed by atoms with Crippen LogP contribution in [0.15, 0.2) is 60.7 Å². The van der Waals surface area contributed by atoms with Crippen molar-refractivity contribution in [3.63, 3.8) is 0 Å². The van der Waals surface area contributed by atoms with Gasteiger partial charge in [0.15, 0.2) is 18.2 Å². The van der Waals surface area contributed by atoms with Crippen molar-refractivity contribution >= 4 is 17.9 Å². The normalized spacial score (nSPS) is 32.3. The van der Waals surface area contributed by atoms with E-state index in [9.17, 15) is 14.4 Å². The average molecular weight is 657 g/mol. The molecule has 0 bridgehead atoms. The summed E-state index contributed by atoms with van der Waals surface area (Å²) in [6.07, 6.45) is -4.85. The topological polar surface area (TPSA) is 125 Å². The van der Waals surface area contributed by atoms with Gasteiger partial charge in [-0.1, -0.05) is 81.4 Å². The Bertz CT molecular complexity index is 1300. The van der Waals surface area contributed by atoms with Crippen LogP contribution in [0, 0.1) is 11.8 Å². The zero-order valence-corrected chi connectivity index (χ0v) is 28.3. The molecule has 4 rings (SSSR count). The highest BCUT2D eigenvalue weighted by Crippen LogP contribution is 2.43. The summed E-state index contributed by atoms with van der Waals surface area (Å²) in [5.74, 6) is -3.86. The fourth-order valence-electron chi connectivity index (χ4n) is 6.26. The molecule has 5 unspecified atom stereocenters. The molecule has 10 atom stereocenters. The smallest absolute Gasteiger partial charge is 0.303 e. The van der Waals surface area contributed by atoms with E-state index in [2.05, 4.69) is 6.92 Å². The van der Waals surface area contributed by atoms with Crippen LogP contribution in [-0.4, -0.2) is 73.2 Å². The summed E-state index contributed by atoms with van der Waals surface area (Å²) in [5, 5.41) is 0. The Kier molecular flexibility index (Phi) is 12.9. The lowest BCUT2D eigenvalue weighted by molar-refractivity contribution is -0.414. The van der Waals surface area contributed by atoms with Crippen molar-refractivity contribution < 1.29 is 52.3 Å². The molecule has 11 nitrogen and oxygen atoms in total. The lowest BCUT2D eigenvalue weighted by Crippen LogP contribution is -2.66. The first-order valence-electron chi connectivity index (χ1n) is 16.2. The molecule has 2 aliphatic rings. The van der Waals surface area contributed by atoms with Crippen LogP contribution in [0.3, 0.4) is 0 Å². The molecular formula is C36H48O11. The van der Waals surface area contributed by atoms with Crippen LogP contribution in [0.25, 0.3) is 0 Å².